The van der Waals surface area contributed by atoms with Gasteiger partial charge in [-0.3, -0.25) is 10.1 Å². The molecule has 0 aromatic heterocycles. The number of hydrogen-bond donors (Lipinski definition) is 1. The lowest BCUT2D eigenvalue weighted by Crippen LogP contribution is -2.36. The molecular weight excluding hydrogens is 251 g/mol. The highest BCUT2D eigenvalue weighted by atomic mass is 19.1. The van der Waals surface area contributed by atoms with Gasteiger partial charge in [-0.15, -0.1) is 0 Å². The van der Waals surface area contributed by atoms with E-state index < -0.39 is 10.7 Å². The third-order valence-electron chi connectivity index (χ3n) is 3.41. The van der Waals surface area contributed by atoms with Crippen LogP contribution >= 0.6 is 0 Å². The fourth-order valence-corrected chi connectivity index (χ4v) is 2.28. The van der Waals surface area contributed by atoms with E-state index in [1.807, 2.05) is 6.92 Å². The highest BCUT2D eigenvalue weighted by Gasteiger charge is 2.24. The summed E-state index contributed by atoms with van der Waals surface area (Å²) in [6, 6.07) is 3.94. The summed E-state index contributed by atoms with van der Waals surface area (Å²) < 4.78 is 19.2. The minimum absolute atomic E-state index is 0.0433. The molecule has 2 atom stereocenters. The molecule has 1 heterocycles. The molecule has 19 heavy (non-hydrogen) atoms. The molecule has 6 heteroatoms. The molecule has 0 unspecified atom stereocenters. The van der Waals surface area contributed by atoms with Crippen LogP contribution in [0.5, 0.6) is 0 Å². The van der Waals surface area contributed by atoms with Gasteiger partial charge in [-0.25, -0.2) is 4.39 Å². The molecule has 1 N–H and O–H groups in total. The van der Waals surface area contributed by atoms with Crippen molar-refractivity contribution in [2.24, 2.45) is 0 Å². The van der Waals surface area contributed by atoms with E-state index in [0.717, 1.165) is 19.4 Å². The maximum absolute atomic E-state index is 13.7. The maximum atomic E-state index is 13.7. The summed E-state index contributed by atoms with van der Waals surface area (Å²) in [5.41, 5.74) is -0.0932. The van der Waals surface area contributed by atoms with E-state index >= 15 is 0 Å². The largest absolute Gasteiger partial charge is 0.377 e. The first kappa shape index (κ1) is 13.9. The Kier molecular flexibility index (Phi) is 4.44. The van der Waals surface area contributed by atoms with Crippen LogP contribution in [0.3, 0.4) is 0 Å². The van der Waals surface area contributed by atoms with Crippen molar-refractivity contribution in [3.63, 3.8) is 0 Å². The molecule has 0 radical (unpaired) electrons. The van der Waals surface area contributed by atoms with E-state index in [4.69, 9.17) is 4.74 Å². The van der Waals surface area contributed by atoms with Crippen molar-refractivity contribution in [3.05, 3.63) is 39.7 Å². The zero-order valence-corrected chi connectivity index (χ0v) is 10.8. The second-order valence-corrected chi connectivity index (χ2v) is 4.72. The van der Waals surface area contributed by atoms with Gasteiger partial charge in [-0.2, -0.15) is 0 Å². The average Bonchev–Trinajstić information content (AvgIpc) is 2.90. The van der Waals surface area contributed by atoms with Crippen molar-refractivity contribution in [3.8, 4) is 0 Å². The van der Waals surface area contributed by atoms with Crippen molar-refractivity contribution >= 4 is 5.69 Å². The minimum atomic E-state index is -0.559. The number of halogens is 1. The number of nitro benzene ring substituents is 1. The number of rotatable bonds is 5. The number of nitrogens with one attached hydrogen (secondary N) is 1. The SMILES string of the molecule is C[C@H](NCc1c(F)cccc1[N+](=O)[O-])[C@@H]1CCCO1. The molecule has 0 amide bonds. The monoisotopic (exact) mass is 268 g/mol. The minimum Gasteiger partial charge on any atom is -0.377 e. The molecule has 2 rings (SSSR count). The van der Waals surface area contributed by atoms with Crippen LogP contribution in [0.1, 0.15) is 25.3 Å². The number of nitro groups is 1. The molecular formula is C13H17FN2O3. The lowest BCUT2D eigenvalue weighted by Gasteiger charge is -2.20. The lowest BCUT2D eigenvalue weighted by molar-refractivity contribution is -0.385. The van der Waals surface area contributed by atoms with E-state index in [-0.39, 0.29) is 29.9 Å². The quantitative estimate of drug-likeness (QED) is 0.658. The number of nitrogens with zero attached hydrogens (tertiary/aromatic N) is 1. The first-order chi connectivity index (χ1) is 9.09. The van der Waals surface area contributed by atoms with Crippen molar-refractivity contribution in [2.45, 2.75) is 38.5 Å². The maximum Gasteiger partial charge on any atom is 0.276 e. The zero-order chi connectivity index (χ0) is 13.8. The smallest absolute Gasteiger partial charge is 0.276 e. The summed E-state index contributed by atoms with van der Waals surface area (Å²) >= 11 is 0. The Morgan fingerprint density at radius 1 is 1.63 bits per heavy atom. The van der Waals surface area contributed by atoms with Crippen LogP contribution < -0.4 is 5.32 Å². The van der Waals surface area contributed by atoms with Crippen molar-refractivity contribution in [1.82, 2.24) is 5.32 Å². The standard InChI is InChI=1S/C13H17FN2O3/c1-9(13-6-3-7-19-13)15-8-10-11(14)4-2-5-12(10)16(17)18/h2,4-5,9,13,15H,3,6-8H2,1H3/t9-,13-/m0/s1. The van der Waals surface area contributed by atoms with Crippen LogP contribution in [0.15, 0.2) is 18.2 Å². The molecule has 0 saturated carbocycles. The molecule has 0 aliphatic carbocycles. The Bertz CT molecular complexity index is 461. The average molecular weight is 268 g/mol. The first-order valence-electron chi connectivity index (χ1n) is 6.36. The van der Waals surface area contributed by atoms with E-state index in [1.165, 1.54) is 18.2 Å². The van der Waals surface area contributed by atoms with Crippen LogP contribution in [0.25, 0.3) is 0 Å². The molecule has 1 saturated heterocycles. The van der Waals surface area contributed by atoms with E-state index in [0.29, 0.717) is 0 Å². The molecule has 1 aromatic rings. The van der Waals surface area contributed by atoms with Gasteiger partial charge in [0.25, 0.3) is 5.69 Å². The summed E-state index contributed by atoms with van der Waals surface area (Å²) in [5, 5.41) is 14.0. The Morgan fingerprint density at radius 2 is 2.42 bits per heavy atom. The third-order valence-corrected chi connectivity index (χ3v) is 3.41. The summed E-state index contributed by atoms with van der Waals surface area (Å²) in [7, 11) is 0. The van der Waals surface area contributed by atoms with Crippen LogP contribution in [-0.2, 0) is 11.3 Å². The number of ether oxygens (including phenoxy) is 1. The fraction of sp³-hybridized carbons (Fsp3) is 0.538. The number of benzene rings is 1. The molecule has 1 aromatic carbocycles. The van der Waals surface area contributed by atoms with Crippen LogP contribution in [0.4, 0.5) is 10.1 Å². The van der Waals surface area contributed by atoms with Gasteiger partial charge in [0.1, 0.15) is 5.82 Å². The van der Waals surface area contributed by atoms with Crippen molar-refractivity contribution < 1.29 is 14.1 Å². The van der Waals surface area contributed by atoms with Crippen LogP contribution in [0, 0.1) is 15.9 Å². The van der Waals surface area contributed by atoms with E-state index in [1.54, 1.807) is 0 Å². The van der Waals surface area contributed by atoms with Gasteiger partial charge in [0.15, 0.2) is 0 Å². The van der Waals surface area contributed by atoms with Gasteiger partial charge in [0.2, 0.25) is 0 Å². The Morgan fingerprint density at radius 3 is 3.05 bits per heavy atom. The van der Waals surface area contributed by atoms with Gasteiger partial charge in [0, 0.05) is 25.3 Å². The van der Waals surface area contributed by atoms with Gasteiger partial charge in [-0.05, 0) is 25.8 Å². The van der Waals surface area contributed by atoms with E-state index in [9.17, 15) is 14.5 Å². The Hall–Kier alpha value is -1.53. The lowest BCUT2D eigenvalue weighted by atomic mass is 10.1. The van der Waals surface area contributed by atoms with Crippen LogP contribution in [-0.4, -0.2) is 23.7 Å². The molecule has 1 aliphatic rings. The third kappa shape index (κ3) is 3.27. The number of hydrogen-bond acceptors (Lipinski definition) is 4. The van der Waals surface area contributed by atoms with Crippen molar-refractivity contribution in [2.75, 3.05) is 6.61 Å². The fourth-order valence-electron chi connectivity index (χ4n) is 2.28. The second kappa shape index (κ2) is 6.08. The summed E-state index contributed by atoms with van der Waals surface area (Å²) in [6.07, 6.45) is 2.09. The first-order valence-corrected chi connectivity index (χ1v) is 6.36. The van der Waals surface area contributed by atoms with E-state index in [2.05, 4.69) is 5.32 Å². The molecule has 1 aliphatic heterocycles. The Balaban J connectivity index is 2.04. The molecule has 0 spiro atoms. The topological polar surface area (TPSA) is 64.4 Å². The normalized spacial score (nSPS) is 20.4. The highest BCUT2D eigenvalue weighted by molar-refractivity contribution is 5.40. The van der Waals surface area contributed by atoms with Gasteiger partial charge >= 0.3 is 0 Å². The summed E-state index contributed by atoms with van der Waals surface area (Å²) in [5.74, 6) is -0.554. The molecule has 0 bridgehead atoms. The predicted octanol–water partition coefficient (Wildman–Crippen LogP) is 2.39. The highest BCUT2D eigenvalue weighted by Crippen LogP contribution is 2.22. The summed E-state index contributed by atoms with van der Waals surface area (Å²) in [6.45, 7) is 2.82. The Labute approximate surface area is 110 Å². The van der Waals surface area contributed by atoms with Crippen molar-refractivity contribution in [1.29, 1.82) is 0 Å². The molecule has 5 nitrogen and oxygen atoms in total. The van der Waals surface area contributed by atoms with Crippen LogP contribution in [0.2, 0.25) is 0 Å². The zero-order valence-electron chi connectivity index (χ0n) is 10.8. The molecule has 104 valence electrons. The summed E-state index contributed by atoms with van der Waals surface area (Å²) in [4.78, 5) is 10.3. The van der Waals surface area contributed by atoms with Gasteiger partial charge < -0.3 is 10.1 Å². The van der Waals surface area contributed by atoms with Gasteiger partial charge in [0.05, 0.1) is 16.6 Å². The predicted molar refractivity (Wildman–Crippen MR) is 68.3 cm³/mol. The second-order valence-electron chi connectivity index (χ2n) is 4.72. The van der Waals surface area contributed by atoms with Gasteiger partial charge in [-0.1, -0.05) is 6.07 Å². The molecule has 1 fully saturated rings.